The minimum absolute atomic E-state index is 0.0200. The van der Waals surface area contributed by atoms with E-state index in [1.165, 1.54) is 41.1 Å². The molecule has 43 heteroatoms. The SMILES string of the molecule is CC[C@H](C)[C@H](NC(=O)[C@H](CCCNC(=N)N)NC(=O)[C@H](Cc1c[nH]cn1)NC(=O)[C@H](CC(=O)O)NC(=O)[C@H](CCCCN)NC(=O)[C@H](CC(C)C)NC(=O)[C@H](Cc1ccccc1)NC(=O)[C@@H]1CCCN1C(=O)[C@H](CCC(N)=O)NC(=O)[C@H](Cc1c[nH]c2ccccc12)NC(=O)[C@H](C)NC(=O)[C@@H]1CCCN1C(=O)[C@@H]1CCCN1C(=O)[C@H](CC(C)C)NC(=O)[C@@H](N)[C@@H](C)O)C(=O)O. The molecule has 26 N–H and O–H groups in total. The summed E-state index contributed by atoms with van der Waals surface area (Å²) in [6.07, 6.45) is 2.59. The number of aromatic amines is 2. The van der Waals surface area contributed by atoms with Gasteiger partial charge in [-0.1, -0.05) is 96.5 Å². The number of nitrogens with one attached hydrogen (secondary N) is 15. The van der Waals surface area contributed by atoms with E-state index >= 15 is 19.2 Å². The predicted molar refractivity (Wildman–Crippen MR) is 474 cm³/mol. The number of aromatic nitrogens is 3. The van der Waals surface area contributed by atoms with Crippen LogP contribution in [0, 0.1) is 23.2 Å². The summed E-state index contributed by atoms with van der Waals surface area (Å²) in [5.74, 6) is -17.3. The van der Waals surface area contributed by atoms with E-state index in [1.807, 2.05) is 13.8 Å². The van der Waals surface area contributed by atoms with Crippen LogP contribution in [0.25, 0.3) is 10.9 Å². The molecule has 2 aromatic heterocycles. The number of likely N-dealkylation sites (tertiary alicyclic amines) is 3. The molecular formula is C87H131N23O20. The van der Waals surface area contributed by atoms with Crippen molar-refractivity contribution in [3.05, 3.63) is 90.1 Å². The molecule has 714 valence electrons. The molecule has 3 aliphatic heterocycles. The van der Waals surface area contributed by atoms with Crippen molar-refractivity contribution in [2.45, 2.75) is 281 Å². The van der Waals surface area contributed by atoms with E-state index in [-0.39, 0.29) is 140 Å². The Kier molecular flexibility index (Phi) is 40.9. The van der Waals surface area contributed by atoms with Gasteiger partial charge in [-0.2, -0.15) is 0 Å². The fraction of sp³-hybridized carbons (Fsp3) is 0.598. The van der Waals surface area contributed by atoms with Gasteiger partial charge in [0, 0.05) is 75.2 Å². The van der Waals surface area contributed by atoms with E-state index in [9.17, 15) is 77.6 Å². The van der Waals surface area contributed by atoms with Gasteiger partial charge in [-0.15, -0.1) is 0 Å². The van der Waals surface area contributed by atoms with Crippen molar-refractivity contribution in [1.29, 1.82) is 5.41 Å². The number of aliphatic carboxylic acids is 2. The lowest BCUT2D eigenvalue weighted by Crippen LogP contribution is -2.61. The molecule has 15 amide bonds. The molecule has 0 spiro atoms. The van der Waals surface area contributed by atoms with Gasteiger partial charge in [0.15, 0.2) is 5.96 Å². The molecular weight excluding hydrogens is 1690 g/mol. The molecule has 3 saturated heterocycles. The van der Waals surface area contributed by atoms with Gasteiger partial charge < -0.3 is 127 Å². The van der Waals surface area contributed by atoms with E-state index in [2.05, 4.69) is 78.8 Å². The minimum Gasteiger partial charge on any atom is -0.481 e. The summed E-state index contributed by atoms with van der Waals surface area (Å²) in [5.41, 5.74) is 24.9. The highest BCUT2D eigenvalue weighted by Crippen LogP contribution is 2.29. The number of benzene rings is 2. The Morgan fingerprint density at radius 3 is 1.60 bits per heavy atom. The Labute approximate surface area is 753 Å². The summed E-state index contributed by atoms with van der Waals surface area (Å²) < 4.78 is 0. The maximum atomic E-state index is 15.2. The number of rotatable bonds is 52. The van der Waals surface area contributed by atoms with Gasteiger partial charge in [-0.25, -0.2) is 9.78 Å². The molecule has 0 saturated carbocycles. The monoisotopic (exact) mass is 1820 g/mol. The number of primary amides is 1. The van der Waals surface area contributed by atoms with Crippen LogP contribution in [0.15, 0.2) is 73.3 Å². The molecule has 17 atom stereocenters. The number of guanidine groups is 1. The number of amides is 15. The number of carbonyl (C=O) groups is 17. The number of imidazole rings is 1. The third-order valence-electron chi connectivity index (χ3n) is 23.3. The first-order valence-corrected chi connectivity index (χ1v) is 44.5. The molecule has 0 radical (unpaired) electrons. The first-order chi connectivity index (χ1) is 61.7. The second-order valence-electron chi connectivity index (χ2n) is 34.5. The third kappa shape index (κ3) is 31.3. The van der Waals surface area contributed by atoms with Crippen molar-refractivity contribution in [2.24, 2.45) is 40.7 Å². The lowest BCUT2D eigenvalue weighted by Gasteiger charge is -2.34. The fourth-order valence-electron chi connectivity index (χ4n) is 16.0. The quantitative estimate of drug-likeness (QED) is 0.0122. The molecule has 2 aromatic carbocycles. The molecule has 5 heterocycles. The lowest BCUT2D eigenvalue weighted by molar-refractivity contribution is -0.148. The zero-order chi connectivity index (χ0) is 95.8. The van der Waals surface area contributed by atoms with Gasteiger partial charge >= 0.3 is 11.9 Å². The van der Waals surface area contributed by atoms with Gasteiger partial charge in [0.25, 0.3) is 0 Å². The summed E-state index contributed by atoms with van der Waals surface area (Å²) >= 11 is 0. The van der Waals surface area contributed by atoms with Crippen LogP contribution in [0.5, 0.6) is 0 Å². The fourth-order valence-corrected chi connectivity index (χ4v) is 16.0. The number of nitrogens with zero attached hydrogens (tertiary/aromatic N) is 4. The van der Waals surface area contributed by atoms with E-state index in [1.54, 1.807) is 88.5 Å². The van der Waals surface area contributed by atoms with Crippen molar-refractivity contribution in [1.82, 2.24) is 93.5 Å². The van der Waals surface area contributed by atoms with Crippen molar-refractivity contribution in [3.8, 4) is 0 Å². The van der Waals surface area contributed by atoms with Gasteiger partial charge in [0.1, 0.15) is 90.6 Å². The molecule has 0 unspecified atom stereocenters. The second-order valence-corrected chi connectivity index (χ2v) is 34.5. The summed E-state index contributed by atoms with van der Waals surface area (Å²) in [7, 11) is 0. The van der Waals surface area contributed by atoms with Crippen LogP contribution in [0.3, 0.4) is 0 Å². The smallest absolute Gasteiger partial charge is 0.326 e. The van der Waals surface area contributed by atoms with Crippen LogP contribution in [-0.4, -0.2) is 281 Å². The van der Waals surface area contributed by atoms with Gasteiger partial charge in [0.2, 0.25) is 88.6 Å². The zero-order valence-corrected chi connectivity index (χ0v) is 75.0. The average Bonchev–Trinajstić information content (AvgIpc) is 1.62. The standard InChI is InChI=1S/C87H131N23O20/c1-9-48(6)71(86(129)130)107-74(117)57(26-17-33-94-87(91)92)99-78(121)62(41-53-44-93-45-96-53)103-79(122)63(42-69(113)114)104-73(116)56(25-15-16-32-88)98-75(118)59(37-46(2)3)102-76(119)60(39-51-21-11-10-12-22-51)105-81(124)66-28-18-34-108(66)83(126)58(30-31-68(89)112)100-77(120)61(40-52-43-95-55-24-14-13-23-54(52)55)101-72(115)49(7)97-80(123)65-27-19-35-109(65)85(128)67-29-20-36-110(67)84(127)64(38-47(4)5)106-82(125)70(90)50(8)111/h10-14,21-24,43-50,56-67,70-71,95,111H,9,15-20,25-42,88,90H2,1-8H3,(H2,89,112)(H,93,96)(H,97,123)(H,98,118)(H,99,121)(H,100,120)(H,101,115)(H,102,119)(H,103,122)(H,104,116)(H,105,124)(H,106,125)(H,107,117)(H,113,114)(H,129,130)(H4,91,92,94)/t48-,49-,50+,56-,57-,58-,59-,60-,61-,62-,63-,64-,65-,66-,67-,70-,71-/m0/s1. The van der Waals surface area contributed by atoms with Crippen LogP contribution >= 0.6 is 0 Å². The number of para-hydroxylation sites is 1. The molecule has 0 aliphatic carbocycles. The number of carboxylic acids is 2. The Morgan fingerprint density at radius 2 is 1.02 bits per heavy atom. The highest BCUT2D eigenvalue weighted by atomic mass is 16.4. The number of carboxylic acid groups (broad SMARTS) is 2. The third-order valence-corrected chi connectivity index (χ3v) is 23.3. The highest BCUT2D eigenvalue weighted by Gasteiger charge is 2.47. The number of carbonyl (C=O) groups excluding carboxylic acids is 15. The zero-order valence-electron chi connectivity index (χ0n) is 75.0. The van der Waals surface area contributed by atoms with Crippen molar-refractivity contribution in [2.75, 3.05) is 32.7 Å². The Bertz CT molecular complexity index is 4590. The number of aliphatic hydroxyl groups excluding tert-OH is 1. The molecule has 4 aromatic rings. The number of fused-ring (bicyclic) bond motifs is 1. The van der Waals surface area contributed by atoms with E-state index in [4.69, 9.17) is 28.3 Å². The van der Waals surface area contributed by atoms with Crippen molar-refractivity contribution in [3.63, 3.8) is 0 Å². The van der Waals surface area contributed by atoms with Gasteiger partial charge in [-0.05, 0) is 145 Å². The first-order valence-electron chi connectivity index (χ1n) is 44.5. The topological polar surface area (TPSA) is 677 Å². The van der Waals surface area contributed by atoms with Crippen LogP contribution in [-0.2, 0) is 101 Å². The van der Waals surface area contributed by atoms with Gasteiger partial charge in [-0.3, -0.25) is 82.1 Å². The van der Waals surface area contributed by atoms with E-state index < -0.39 is 222 Å². The normalized spacial score (nSPS) is 18.1. The molecule has 130 heavy (non-hydrogen) atoms. The number of hydrogen-bond acceptors (Lipinski definition) is 22. The second kappa shape index (κ2) is 50.9. The molecule has 3 fully saturated rings. The number of nitrogens with two attached hydrogens (primary N) is 4. The summed E-state index contributed by atoms with van der Waals surface area (Å²) in [6.45, 7) is 13.6. The van der Waals surface area contributed by atoms with Crippen LogP contribution in [0.2, 0.25) is 0 Å². The highest BCUT2D eigenvalue weighted by molar-refractivity contribution is 6.02. The first kappa shape index (κ1) is 104. The number of hydrogen-bond donors (Lipinski definition) is 22. The Hall–Kier alpha value is -12.7. The van der Waals surface area contributed by atoms with Crippen molar-refractivity contribution < 1.29 is 96.8 Å². The molecule has 7 rings (SSSR count). The molecule has 0 bridgehead atoms. The number of aliphatic hydroxyl groups is 1. The average molecular weight is 1820 g/mol. The van der Waals surface area contributed by atoms with Crippen molar-refractivity contribution >= 4 is 117 Å². The van der Waals surface area contributed by atoms with Crippen LogP contribution in [0.1, 0.15) is 181 Å². The van der Waals surface area contributed by atoms with Gasteiger partial charge in [0.05, 0.1) is 24.5 Å². The number of H-pyrrole nitrogens is 2. The van der Waals surface area contributed by atoms with Crippen LogP contribution < -0.4 is 86.7 Å². The van der Waals surface area contributed by atoms with E-state index in [0.29, 0.717) is 47.7 Å². The summed E-state index contributed by atoms with van der Waals surface area (Å²) in [4.78, 5) is 255. The maximum Gasteiger partial charge on any atom is 0.326 e. The Morgan fingerprint density at radius 1 is 0.523 bits per heavy atom. The summed E-state index contributed by atoms with van der Waals surface area (Å²) in [6, 6.07) is -5.78. The summed E-state index contributed by atoms with van der Waals surface area (Å²) in [5, 5.41) is 70.0. The maximum absolute atomic E-state index is 15.2. The predicted octanol–water partition coefficient (Wildman–Crippen LogP) is -2.69. The number of unbranched alkanes of at least 4 members (excludes halogenated alkanes) is 1. The van der Waals surface area contributed by atoms with E-state index in [0.717, 1.165) is 0 Å². The Balaban J connectivity index is 1.08. The lowest BCUT2D eigenvalue weighted by atomic mass is 9.98. The largest absolute Gasteiger partial charge is 0.481 e. The van der Waals surface area contributed by atoms with Crippen LogP contribution in [0.4, 0.5) is 0 Å². The minimum atomic E-state index is -1.97. The molecule has 43 nitrogen and oxygen atoms in total. The molecule has 3 aliphatic rings.